The summed E-state index contributed by atoms with van der Waals surface area (Å²) in [5, 5.41) is 10.5. The summed E-state index contributed by atoms with van der Waals surface area (Å²) in [4.78, 5) is 11.8. The molecule has 3 nitrogen and oxygen atoms in total. The van der Waals surface area contributed by atoms with Crippen LogP contribution in [-0.4, -0.2) is 11.0 Å². The predicted molar refractivity (Wildman–Crippen MR) is 75.0 cm³/mol. The van der Waals surface area contributed by atoms with Crippen molar-refractivity contribution in [3.63, 3.8) is 0 Å². The number of benzene rings is 2. The van der Waals surface area contributed by atoms with Gasteiger partial charge in [0, 0.05) is 11.1 Å². The van der Waals surface area contributed by atoms with Crippen LogP contribution in [-0.2, 0) is 22.7 Å². The summed E-state index contributed by atoms with van der Waals surface area (Å²) in [6.07, 6.45) is -10.8. The van der Waals surface area contributed by atoms with Crippen molar-refractivity contribution in [2.75, 3.05) is 0 Å². The van der Waals surface area contributed by atoms with Crippen molar-refractivity contribution < 1.29 is 45.0 Å². The number of halogens is 8. The summed E-state index contributed by atoms with van der Waals surface area (Å²) in [6.45, 7) is 0. The highest BCUT2D eigenvalue weighted by molar-refractivity contribution is 5.90. The van der Waals surface area contributed by atoms with Gasteiger partial charge in [0.1, 0.15) is 11.6 Å². The normalized spacial score (nSPS) is 12.9. The summed E-state index contributed by atoms with van der Waals surface area (Å²) < 4.78 is 108. The van der Waals surface area contributed by atoms with Crippen molar-refractivity contribution in [3.8, 4) is 0 Å². The first kappa shape index (κ1) is 20.6. The first-order chi connectivity index (χ1) is 12.2. The summed E-state index contributed by atoms with van der Waals surface area (Å²) in [6, 6.07) is 2.23. The minimum Gasteiger partial charge on any atom is -0.372 e. The van der Waals surface area contributed by atoms with Gasteiger partial charge in [-0.15, -0.1) is 0 Å². The van der Waals surface area contributed by atoms with Crippen LogP contribution in [0.4, 0.5) is 35.1 Å². The third kappa shape index (κ3) is 3.46. The lowest BCUT2D eigenvalue weighted by Crippen LogP contribution is -2.46. The molecule has 0 radical (unpaired) electrons. The summed E-state index contributed by atoms with van der Waals surface area (Å²) in [7, 11) is 0. The number of aliphatic hydroxyl groups is 1. The van der Waals surface area contributed by atoms with E-state index < -0.39 is 57.7 Å². The van der Waals surface area contributed by atoms with Crippen molar-refractivity contribution in [1.29, 1.82) is 0 Å². The van der Waals surface area contributed by atoms with E-state index in [1.165, 1.54) is 0 Å². The molecular formula is C16H9F8NO2. The molecule has 2 rings (SSSR count). The van der Waals surface area contributed by atoms with Gasteiger partial charge < -0.3 is 10.8 Å². The molecule has 27 heavy (non-hydrogen) atoms. The van der Waals surface area contributed by atoms with Crippen molar-refractivity contribution in [3.05, 3.63) is 70.3 Å². The van der Waals surface area contributed by atoms with Crippen molar-refractivity contribution in [1.82, 2.24) is 0 Å². The molecule has 0 heterocycles. The number of rotatable bonds is 3. The van der Waals surface area contributed by atoms with Gasteiger partial charge in [-0.2, -0.15) is 26.3 Å². The Kier molecular flexibility index (Phi) is 4.95. The Morgan fingerprint density at radius 1 is 0.778 bits per heavy atom. The second-order valence-electron chi connectivity index (χ2n) is 5.39. The first-order valence-corrected chi connectivity index (χ1v) is 6.97. The van der Waals surface area contributed by atoms with E-state index in [2.05, 4.69) is 0 Å². The zero-order valence-electron chi connectivity index (χ0n) is 12.9. The molecule has 0 saturated carbocycles. The molecule has 0 unspecified atom stereocenters. The quantitative estimate of drug-likeness (QED) is 0.773. The standard InChI is InChI=1S/C16H9F8NO2/c17-9-5-1-3-7(15(19,20)21)11(9)14(27,13(25)26)12-8(16(22,23)24)4-2-6-10(12)18/h1-6,27H,(H2,25,26). The minimum absolute atomic E-state index is 0.209. The van der Waals surface area contributed by atoms with E-state index in [1.54, 1.807) is 0 Å². The number of alkyl halides is 6. The average Bonchev–Trinajstić information content (AvgIpc) is 2.51. The van der Waals surface area contributed by atoms with Crippen molar-refractivity contribution in [2.45, 2.75) is 18.0 Å². The third-order valence-corrected chi connectivity index (χ3v) is 3.72. The molecule has 3 N–H and O–H groups in total. The third-order valence-electron chi connectivity index (χ3n) is 3.72. The number of primary amides is 1. The SMILES string of the molecule is NC(=O)C(O)(c1c(F)cccc1C(F)(F)F)c1c(F)cccc1C(F)(F)F. The van der Waals surface area contributed by atoms with Crippen LogP contribution in [0.3, 0.4) is 0 Å². The molecule has 146 valence electrons. The second-order valence-corrected chi connectivity index (χ2v) is 5.39. The van der Waals surface area contributed by atoms with Crippen LogP contribution < -0.4 is 5.73 Å². The van der Waals surface area contributed by atoms with E-state index in [1.807, 2.05) is 0 Å². The fourth-order valence-corrected chi connectivity index (χ4v) is 2.63. The predicted octanol–water partition coefficient (Wildman–Crippen LogP) is 3.72. The number of carbonyl (C=O) groups is 1. The summed E-state index contributed by atoms with van der Waals surface area (Å²) in [5.74, 6) is -6.03. The maximum absolute atomic E-state index is 14.2. The number of nitrogens with two attached hydrogens (primary N) is 1. The van der Waals surface area contributed by atoms with Crippen LogP contribution in [0.2, 0.25) is 0 Å². The largest absolute Gasteiger partial charge is 0.416 e. The van der Waals surface area contributed by atoms with Gasteiger partial charge in [0.25, 0.3) is 5.91 Å². The minimum atomic E-state index is -5.40. The highest BCUT2D eigenvalue weighted by atomic mass is 19.4. The lowest BCUT2D eigenvalue weighted by atomic mass is 9.79. The Hall–Kier alpha value is -2.69. The molecule has 0 aromatic heterocycles. The fraction of sp³-hybridized carbons (Fsp3) is 0.188. The lowest BCUT2D eigenvalue weighted by Gasteiger charge is -2.31. The highest BCUT2D eigenvalue weighted by Crippen LogP contribution is 2.45. The Labute approximate surface area is 146 Å². The van der Waals surface area contributed by atoms with Gasteiger partial charge in [-0.1, -0.05) is 12.1 Å². The van der Waals surface area contributed by atoms with Crippen LogP contribution in [0, 0.1) is 11.6 Å². The van der Waals surface area contributed by atoms with Crippen LogP contribution >= 0.6 is 0 Å². The van der Waals surface area contributed by atoms with Crippen LogP contribution in [0.5, 0.6) is 0 Å². The van der Waals surface area contributed by atoms with E-state index in [-0.39, 0.29) is 12.1 Å². The van der Waals surface area contributed by atoms with Crippen molar-refractivity contribution in [2.24, 2.45) is 5.73 Å². The number of amides is 1. The van der Waals surface area contributed by atoms with E-state index in [0.717, 1.165) is 0 Å². The Balaban J connectivity index is 3.04. The molecule has 0 saturated heterocycles. The average molecular weight is 399 g/mol. The maximum Gasteiger partial charge on any atom is 0.416 e. The van der Waals surface area contributed by atoms with Crippen LogP contribution in [0.25, 0.3) is 0 Å². The van der Waals surface area contributed by atoms with Gasteiger partial charge in [-0.25, -0.2) is 8.78 Å². The van der Waals surface area contributed by atoms with E-state index >= 15 is 0 Å². The zero-order chi connectivity index (χ0) is 20.8. The highest BCUT2D eigenvalue weighted by Gasteiger charge is 2.52. The molecule has 0 aliphatic carbocycles. The Bertz CT molecular complexity index is 825. The Morgan fingerprint density at radius 3 is 1.37 bits per heavy atom. The smallest absolute Gasteiger partial charge is 0.372 e. The lowest BCUT2D eigenvalue weighted by molar-refractivity contribution is -0.147. The topological polar surface area (TPSA) is 63.3 Å². The maximum atomic E-state index is 14.2. The van der Waals surface area contributed by atoms with Crippen LogP contribution in [0.15, 0.2) is 36.4 Å². The zero-order valence-corrected chi connectivity index (χ0v) is 12.9. The first-order valence-electron chi connectivity index (χ1n) is 6.97. The number of hydrogen-bond acceptors (Lipinski definition) is 2. The van der Waals surface area contributed by atoms with E-state index in [4.69, 9.17) is 5.73 Å². The Morgan fingerprint density at radius 2 is 1.11 bits per heavy atom. The molecule has 2 aromatic carbocycles. The number of hydrogen-bond donors (Lipinski definition) is 2. The monoisotopic (exact) mass is 399 g/mol. The van der Waals surface area contributed by atoms with Gasteiger partial charge in [0.15, 0.2) is 0 Å². The molecule has 1 amide bonds. The molecule has 0 atom stereocenters. The van der Waals surface area contributed by atoms with Gasteiger partial charge in [-0.05, 0) is 24.3 Å². The molecular weight excluding hydrogens is 390 g/mol. The van der Waals surface area contributed by atoms with Gasteiger partial charge in [-0.3, -0.25) is 4.79 Å². The van der Waals surface area contributed by atoms with Crippen LogP contribution in [0.1, 0.15) is 22.3 Å². The molecule has 0 bridgehead atoms. The summed E-state index contributed by atoms with van der Waals surface area (Å²) >= 11 is 0. The molecule has 0 fully saturated rings. The summed E-state index contributed by atoms with van der Waals surface area (Å²) in [5.41, 5.74) is -7.08. The fourth-order valence-electron chi connectivity index (χ4n) is 2.63. The molecule has 0 spiro atoms. The molecule has 2 aromatic rings. The van der Waals surface area contributed by atoms with Gasteiger partial charge in [0.05, 0.1) is 11.1 Å². The molecule has 0 aliphatic heterocycles. The molecule has 0 aliphatic rings. The molecule has 11 heteroatoms. The van der Waals surface area contributed by atoms with E-state index in [9.17, 15) is 45.0 Å². The van der Waals surface area contributed by atoms with Gasteiger partial charge in [0.2, 0.25) is 5.60 Å². The van der Waals surface area contributed by atoms with E-state index in [0.29, 0.717) is 24.3 Å². The van der Waals surface area contributed by atoms with Gasteiger partial charge >= 0.3 is 12.4 Å². The second kappa shape index (κ2) is 6.48. The number of carbonyl (C=O) groups excluding carboxylic acids is 1. The van der Waals surface area contributed by atoms with Crippen molar-refractivity contribution >= 4 is 5.91 Å².